The molecule has 1 atom stereocenters. The van der Waals surface area contributed by atoms with Crippen LogP contribution in [0.5, 0.6) is 5.75 Å². The van der Waals surface area contributed by atoms with Crippen LogP contribution in [0.4, 0.5) is 21.0 Å². The van der Waals surface area contributed by atoms with E-state index in [9.17, 15) is 24.6 Å². The van der Waals surface area contributed by atoms with Gasteiger partial charge in [-0.15, -0.1) is 0 Å². The highest BCUT2D eigenvalue weighted by atomic mass is 16.6. The second kappa shape index (κ2) is 18.4. The number of aromatic hydroxyl groups is 1. The van der Waals surface area contributed by atoms with Crippen LogP contribution < -0.4 is 26.6 Å². The van der Waals surface area contributed by atoms with Crippen molar-refractivity contribution in [1.29, 1.82) is 0 Å². The van der Waals surface area contributed by atoms with Crippen LogP contribution in [-0.2, 0) is 22.6 Å². The lowest BCUT2D eigenvalue weighted by molar-refractivity contribution is -0.105. The molecule has 262 valence electrons. The number of hydrogen-bond donors (Lipinski definition) is 7. The second-order valence-electron chi connectivity index (χ2n) is 12.1. The molecule has 7 N–H and O–H groups in total. The Labute approximate surface area is 291 Å². The highest BCUT2D eigenvalue weighted by molar-refractivity contribution is 5.91. The molecule has 0 bridgehead atoms. The van der Waals surface area contributed by atoms with E-state index in [-0.39, 0.29) is 30.1 Å². The van der Waals surface area contributed by atoms with Gasteiger partial charge in [0, 0.05) is 51.4 Å². The van der Waals surface area contributed by atoms with Gasteiger partial charge in [-0.1, -0.05) is 78.9 Å². The Hall–Kier alpha value is -5.43. The number of nitrogens with zero attached hydrogens (tertiary/aromatic N) is 1. The molecule has 0 radical (unpaired) electrons. The predicted molar refractivity (Wildman–Crippen MR) is 193 cm³/mol. The number of likely N-dealkylation sites (tertiary alicyclic amines) is 1. The Bertz CT molecular complexity index is 1700. The Kier molecular flexibility index (Phi) is 13.2. The van der Waals surface area contributed by atoms with Gasteiger partial charge in [0.15, 0.2) is 0 Å². The fourth-order valence-electron chi connectivity index (χ4n) is 5.76. The molecular weight excluding hydrogens is 636 g/mol. The molecule has 1 unspecified atom stereocenters. The number of aliphatic hydroxyl groups excluding tert-OH is 1. The number of anilines is 2. The molecule has 0 aromatic heterocycles. The number of hydrogen-bond acceptors (Lipinski definition) is 8. The average molecular weight is 681 g/mol. The quantitative estimate of drug-likeness (QED) is 0.0684. The van der Waals surface area contributed by atoms with E-state index in [1.807, 2.05) is 78.9 Å². The van der Waals surface area contributed by atoms with Crippen LogP contribution in [-0.4, -0.2) is 72.5 Å². The third-order valence-corrected chi connectivity index (χ3v) is 8.53. The first-order chi connectivity index (χ1) is 24.4. The van der Waals surface area contributed by atoms with Crippen molar-refractivity contribution < 1.29 is 29.3 Å². The van der Waals surface area contributed by atoms with Crippen LogP contribution in [0.3, 0.4) is 0 Å². The Morgan fingerprint density at radius 1 is 0.860 bits per heavy atom. The molecule has 0 saturated carbocycles. The molecule has 4 aromatic carbocycles. The van der Waals surface area contributed by atoms with Gasteiger partial charge >= 0.3 is 12.1 Å². The van der Waals surface area contributed by atoms with Crippen LogP contribution in [0.1, 0.15) is 35.6 Å². The van der Waals surface area contributed by atoms with Crippen LogP contribution in [0.25, 0.3) is 11.1 Å². The van der Waals surface area contributed by atoms with E-state index in [1.54, 1.807) is 6.07 Å². The van der Waals surface area contributed by atoms with E-state index in [0.717, 1.165) is 48.2 Å². The number of rotatable bonds is 15. The second-order valence-corrected chi connectivity index (χ2v) is 12.1. The minimum atomic E-state index is -0.821. The fourth-order valence-corrected chi connectivity index (χ4v) is 5.76. The van der Waals surface area contributed by atoms with Crippen LogP contribution in [0, 0.1) is 0 Å². The summed E-state index contributed by atoms with van der Waals surface area (Å²) in [4.78, 5) is 38.0. The number of benzene rings is 4. The number of aliphatic hydroxyl groups is 1. The maximum atomic E-state index is 12.7. The van der Waals surface area contributed by atoms with Gasteiger partial charge in [0.2, 0.25) is 6.41 Å². The lowest BCUT2D eigenvalue weighted by Crippen LogP contribution is -2.44. The van der Waals surface area contributed by atoms with Gasteiger partial charge in [0.1, 0.15) is 11.9 Å². The molecule has 1 saturated heterocycles. The molecular formula is C38H44N6O6. The minimum absolute atomic E-state index is 0.0716. The van der Waals surface area contributed by atoms with Crippen molar-refractivity contribution in [2.45, 2.75) is 38.1 Å². The SMILES string of the molecule is O=CNc1cc(C(O)CNCc2ccc(CNC(=O)NCCN3CCC(OC(=O)Nc4ccccc4-c4ccccc4)CC3)cc2)ccc1O. The lowest BCUT2D eigenvalue weighted by atomic mass is 10.0. The van der Waals surface area contributed by atoms with E-state index < -0.39 is 12.2 Å². The summed E-state index contributed by atoms with van der Waals surface area (Å²) in [5.74, 6) is -0.0716. The first kappa shape index (κ1) is 35.9. The molecule has 5 rings (SSSR count). The van der Waals surface area contributed by atoms with Gasteiger partial charge in [-0.25, -0.2) is 9.59 Å². The summed E-state index contributed by atoms with van der Waals surface area (Å²) in [7, 11) is 0. The van der Waals surface area contributed by atoms with E-state index in [1.165, 1.54) is 12.1 Å². The average Bonchev–Trinajstić information content (AvgIpc) is 3.13. The van der Waals surface area contributed by atoms with Crippen LogP contribution in [0.15, 0.2) is 97.1 Å². The van der Waals surface area contributed by atoms with Gasteiger partial charge in [-0.2, -0.15) is 0 Å². The number of carbonyl (C=O) groups excluding carboxylic acids is 3. The summed E-state index contributed by atoms with van der Waals surface area (Å²) in [6.45, 7) is 3.96. The molecule has 12 nitrogen and oxygen atoms in total. The van der Waals surface area contributed by atoms with Gasteiger partial charge in [-0.05, 0) is 53.3 Å². The predicted octanol–water partition coefficient (Wildman–Crippen LogP) is 4.96. The van der Waals surface area contributed by atoms with E-state index >= 15 is 0 Å². The van der Waals surface area contributed by atoms with Gasteiger partial charge < -0.3 is 41.1 Å². The van der Waals surface area contributed by atoms with Gasteiger partial charge in [0.05, 0.1) is 17.5 Å². The molecule has 1 heterocycles. The van der Waals surface area contributed by atoms with Crippen LogP contribution >= 0.6 is 0 Å². The largest absolute Gasteiger partial charge is 0.506 e. The molecule has 4 amide bonds. The number of carbonyl (C=O) groups is 3. The summed E-state index contributed by atoms with van der Waals surface area (Å²) in [5, 5.41) is 34.6. The molecule has 1 aliphatic rings. The third-order valence-electron chi connectivity index (χ3n) is 8.53. The molecule has 1 aliphatic heterocycles. The molecule has 50 heavy (non-hydrogen) atoms. The molecule has 1 fully saturated rings. The molecule has 12 heteroatoms. The van der Waals surface area contributed by atoms with Crippen molar-refractivity contribution in [3.63, 3.8) is 0 Å². The van der Waals surface area contributed by atoms with Crippen molar-refractivity contribution in [2.75, 3.05) is 43.4 Å². The van der Waals surface area contributed by atoms with Crippen molar-refractivity contribution in [1.82, 2.24) is 20.9 Å². The number of urea groups is 1. The third kappa shape index (κ3) is 10.8. The highest BCUT2D eigenvalue weighted by Crippen LogP contribution is 2.28. The Balaban J connectivity index is 0.933. The number of para-hydroxylation sites is 1. The van der Waals surface area contributed by atoms with Crippen LogP contribution in [0.2, 0.25) is 0 Å². The Morgan fingerprint density at radius 3 is 2.30 bits per heavy atom. The number of nitrogens with one attached hydrogen (secondary N) is 5. The maximum Gasteiger partial charge on any atom is 0.411 e. The number of phenols is 1. The smallest absolute Gasteiger partial charge is 0.411 e. The van der Waals surface area contributed by atoms with Crippen molar-refractivity contribution in [3.05, 3.63) is 114 Å². The number of ether oxygens (including phenoxy) is 1. The van der Waals surface area contributed by atoms with Gasteiger partial charge in [0.25, 0.3) is 0 Å². The van der Waals surface area contributed by atoms with Crippen molar-refractivity contribution >= 4 is 29.9 Å². The standard InChI is InChI=1S/C38H44N6O6/c45-26-42-34-22-30(14-15-35(34)46)36(47)25-39-23-27-10-12-28(13-11-27)24-41-37(48)40-18-21-44-19-16-31(17-20-44)50-38(49)43-33-9-5-4-8-32(33)29-6-2-1-3-7-29/h1-15,22,26,31,36,39,46-47H,16-21,23-25H2,(H,42,45)(H,43,49)(H2,40,41,48). The van der Waals surface area contributed by atoms with E-state index in [0.29, 0.717) is 43.8 Å². The van der Waals surface area contributed by atoms with E-state index in [4.69, 9.17) is 4.74 Å². The van der Waals surface area contributed by atoms with Gasteiger partial charge in [-0.3, -0.25) is 10.1 Å². The van der Waals surface area contributed by atoms with E-state index in [2.05, 4.69) is 31.5 Å². The van der Waals surface area contributed by atoms with Crippen molar-refractivity contribution in [2.24, 2.45) is 0 Å². The highest BCUT2D eigenvalue weighted by Gasteiger charge is 2.23. The molecule has 0 aliphatic carbocycles. The maximum absolute atomic E-state index is 12.7. The first-order valence-corrected chi connectivity index (χ1v) is 16.7. The summed E-state index contributed by atoms with van der Waals surface area (Å²) in [5.41, 5.74) is 5.44. The summed E-state index contributed by atoms with van der Waals surface area (Å²) >= 11 is 0. The van der Waals surface area contributed by atoms with Crippen molar-refractivity contribution in [3.8, 4) is 16.9 Å². The minimum Gasteiger partial charge on any atom is -0.506 e. The summed E-state index contributed by atoms with van der Waals surface area (Å²) in [6, 6.07) is 29.7. The zero-order chi connectivity index (χ0) is 35.1. The fraction of sp³-hybridized carbons (Fsp3) is 0.289. The number of phenolic OH excluding ortho intramolecular Hbond substituents is 1. The summed E-state index contributed by atoms with van der Waals surface area (Å²) in [6.07, 6.45) is 0.488. The molecule has 4 aromatic rings. The zero-order valence-corrected chi connectivity index (χ0v) is 27.8. The first-order valence-electron chi connectivity index (χ1n) is 16.7. The normalized spacial score (nSPS) is 13.9. The topological polar surface area (TPSA) is 164 Å². The number of piperidine rings is 1. The number of amides is 4. The zero-order valence-electron chi connectivity index (χ0n) is 27.8. The monoisotopic (exact) mass is 680 g/mol. The Morgan fingerprint density at radius 2 is 1.56 bits per heavy atom. The molecule has 0 spiro atoms. The lowest BCUT2D eigenvalue weighted by Gasteiger charge is -2.31. The summed E-state index contributed by atoms with van der Waals surface area (Å²) < 4.78 is 5.73.